The highest BCUT2D eigenvalue weighted by atomic mass is 16.3. The van der Waals surface area contributed by atoms with E-state index in [0.717, 1.165) is 51.9 Å². The predicted molar refractivity (Wildman–Crippen MR) is 211 cm³/mol. The molecule has 0 saturated carbocycles. The number of nitrogens with one attached hydrogen (secondary N) is 3. The van der Waals surface area contributed by atoms with Crippen molar-refractivity contribution in [3.63, 3.8) is 0 Å². The second-order valence-corrected chi connectivity index (χ2v) is 14.8. The molecule has 0 aliphatic rings. The van der Waals surface area contributed by atoms with E-state index >= 15 is 0 Å². The van der Waals surface area contributed by atoms with Crippen LogP contribution < -0.4 is 16.0 Å². The largest absolute Gasteiger partial charge is 0.394 e. The van der Waals surface area contributed by atoms with Crippen molar-refractivity contribution in [3.05, 3.63) is 96.1 Å². The molecule has 8 heteroatoms. The van der Waals surface area contributed by atoms with Gasteiger partial charge in [-0.1, -0.05) is 139 Å². The number of fused-ring (bicyclic) bond motifs is 2. The van der Waals surface area contributed by atoms with E-state index < -0.39 is 30.1 Å². The Hall–Kier alpha value is -4.27. The SMILES string of the molecule is CCCC[C@H](NC(=O)C(Cc1cccc2ccccc12)Cc1cccc2ccccc12)C(=O)NC(CC(C)C)C(O)CC(=O)N[C@H](CO)C(C)CC. The highest BCUT2D eigenvalue weighted by Gasteiger charge is 2.31. The maximum Gasteiger partial charge on any atom is 0.242 e. The zero-order chi connectivity index (χ0) is 37.6. The van der Waals surface area contributed by atoms with Gasteiger partial charge in [0.25, 0.3) is 0 Å². The monoisotopic (exact) mass is 709 g/mol. The molecule has 0 fully saturated rings. The molecule has 52 heavy (non-hydrogen) atoms. The second-order valence-electron chi connectivity index (χ2n) is 14.8. The van der Waals surface area contributed by atoms with Crippen molar-refractivity contribution in [2.24, 2.45) is 17.8 Å². The van der Waals surface area contributed by atoms with E-state index in [2.05, 4.69) is 64.5 Å². The van der Waals surface area contributed by atoms with Crippen molar-refractivity contribution in [3.8, 4) is 0 Å². The van der Waals surface area contributed by atoms with Gasteiger partial charge in [-0.15, -0.1) is 0 Å². The molecular weight excluding hydrogens is 651 g/mol. The van der Waals surface area contributed by atoms with Crippen LogP contribution in [-0.2, 0) is 27.2 Å². The number of unbranched alkanes of at least 4 members (excludes halogenated alkanes) is 1. The van der Waals surface area contributed by atoms with E-state index in [4.69, 9.17) is 0 Å². The number of aliphatic hydroxyl groups is 2. The van der Waals surface area contributed by atoms with Crippen LogP contribution in [0.4, 0.5) is 0 Å². The molecule has 3 amide bonds. The maximum atomic E-state index is 14.4. The van der Waals surface area contributed by atoms with Crippen molar-refractivity contribution in [2.75, 3.05) is 6.61 Å². The molecule has 0 heterocycles. The average Bonchev–Trinajstić information content (AvgIpc) is 3.14. The van der Waals surface area contributed by atoms with Crippen molar-refractivity contribution in [1.82, 2.24) is 16.0 Å². The molecule has 0 saturated heterocycles. The summed E-state index contributed by atoms with van der Waals surface area (Å²) in [6, 6.07) is 26.8. The van der Waals surface area contributed by atoms with Crippen molar-refractivity contribution < 1.29 is 24.6 Å². The first kappa shape index (κ1) is 40.5. The summed E-state index contributed by atoms with van der Waals surface area (Å²) in [5.41, 5.74) is 2.14. The molecule has 280 valence electrons. The molecule has 0 radical (unpaired) electrons. The van der Waals surface area contributed by atoms with Gasteiger partial charge in [-0.2, -0.15) is 0 Å². The fraction of sp³-hybridized carbons (Fsp3) is 0.477. The lowest BCUT2D eigenvalue weighted by atomic mass is 9.87. The van der Waals surface area contributed by atoms with Crippen LogP contribution >= 0.6 is 0 Å². The molecule has 0 aliphatic heterocycles. The van der Waals surface area contributed by atoms with Gasteiger partial charge in [0.05, 0.1) is 31.2 Å². The van der Waals surface area contributed by atoms with Gasteiger partial charge in [0.1, 0.15) is 6.04 Å². The van der Waals surface area contributed by atoms with E-state index in [0.29, 0.717) is 25.7 Å². The van der Waals surface area contributed by atoms with Crippen LogP contribution in [0.15, 0.2) is 84.9 Å². The lowest BCUT2D eigenvalue weighted by Gasteiger charge is -2.29. The zero-order valence-corrected chi connectivity index (χ0v) is 31.6. The third-order valence-corrected chi connectivity index (χ3v) is 10.3. The van der Waals surface area contributed by atoms with E-state index in [-0.39, 0.29) is 42.6 Å². The summed E-state index contributed by atoms with van der Waals surface area (Å²) in [6.45, 7) is 9.80. The Morgan fingerprint density at radius 2 is 1.25 bits per heavy atom. The predicted octanol–water partition coefficient (Wildman–Crippen LogP) is 6.87. The summed E-state index contributed by atoms with van der Waals surface area (Å²) in [7, 11) is 0. The van der Waals surface area contributed by atoms with E-state index in [1.807, 2.05) is 71.0 Å². The molecule has 4 aromatic rings. The smallest absolute Gasteiger partial charge is 0.242 e. The summed E-state index contributed by atoms with van der Waals surface area (Å²) in [5.74, 6) is -1.20. The first-order valence-electron chi connectivity index (χ1n) is 19.2. The Morgan fingerprint density at radius 1 is 0.692 bits per heavy atom. The van der Waals surface area contributed by atoms with Gasteiger partial charge in [0, 0.05) is 5.92 Å². The third-order valence-electron chi connectivity index (χ3n) is 10.3. The molecule has 0 spiro atoms. The Morgan fingerprint density at radius 3 is 1.77 bits per heavy atom. The first-order valence-corrected chi connectivity index (χ1v) is 19.2. The molecule has 5 N–H and O–H groups in total. The maximum absolute atomic E-state index is 14.4. The highest BCUT2D eigenvalue weighted by molar-refractivity contribution is 5.91. The Bertz CT molecular complexity index is 1660. The van der Waals surface area contributed by atoms with Crippen molar-refractivity contribution >= 4 is 39.3 Å². The van der Waals surface area contributed by atoms with Gasteiger partial charge in [-0.05, 0) is 70.2 Å². The second kappa shape index (κ2) is 20.1. The topological polar surface area (TPSA) is 128 Å². The molecule has 5 atom stereocenters. The van der Waals surface area contributed by atoms with Gasteiger partial charge in [0.2, 0.25) is 17.7 Å². The first-order chi connectivity index (χ1) is 25.0. The van der Waals surface area contributed by atoms with Crippen LogP contribution in [-0.4, -0.2) is 58.8 Å². The van der Waals surface area contributed by atoms with E-state index in [9.17, 15) is 24.6 Å². The fourth-order valence-corrected chi connectivity index (χ4v) is 7.05. The molecule has 8 nitrogen and oxygen atoms in total. The van der Waals surface area contributed by atoms with Gasteiger partial charge in [-0.25, -0.2) is 0 Å². The van der Waals surface area contributed by atoms with Gasteiger partial charge in [0.15, 0.2) is 0 Å². The summed E-state index contributed by atoms with van der Waals surface area (Å²) in [6.07, 6.45) is 2.89. The normalized spacial score (nSPS) is 14.6. The minimum absolute atomic E-state index is 0.0743. The van der Waals surface area contributed by atoms with Gasteiger partial charge in [-0.3, -0.25) is 14.4 Å². The number of hydrogen-bond donors (Lipinski definition) is 5. The molecule has 0 aliphatic carbocycles. The zero-order valence-electron chi connectivity index (χ0n) is 31.6. The average molecular weight is 710 g/mol. The number of carbonyl (C=O) groups excluding carboxylic acids is 3. The minimum Gasteiger partial charge on any atom is -0.394 e. The molecule has 4 rings (SSSR count). The third kappa shape index (κ3) is 11.4. The lowest BCUT2D eigenvalue weighted by molar-refractivity contribution is -0.132. The van der Waals surface area contributed by atoms with E-state index in [1.54, 1.807) is 0 Å². The molecule has 0 bridgehead atoms. The lowest BCUT2D eigenvalue weighted by Crippen LogP contribution is -2.54. The Kier molecular flexibility index (Phi) is 15.7. The fourth-order valence-electron chi connectivity index (χ4n) is 7.05. The Labute approximate surface area is 309 Å². The number of amides is 3. The van der Waals surface area contributed by atoms with Crippen molar-refractivity contribution in [2.45, 2.75) is 110 Å². The van der Waals surface area contributed by atoms with Crippen LogP contribution in [0.1, 0.15) is 84.3 Å². The number of hydrogen-bond acceptors (Lipinski definition) is 5. The van der Waals surface area contributed by atoms with Crippen molar-refractivity contribution in [1.29, 1.82) is 0 Å². The van der Waals surface area contributed by atoms with Crippen LogP contribution in [0.25, 0.3) is 21.5 Å². The van der Waals surface area contributed by atoms with Gasteiger partial charge >= 0.3 is 0 Å². The highest BCUT2D eigenvalue weighted by Crippen LogP contribution is 2.27. The summed E-state index contributed by atoms with van der Waals surface area (Å²) >= 11 is 0. The minimum atomic E-state index is -1.14. The number of aliphatic hydroxyl groups excluding tert-OH is 2. The van der Waals surface area contributed by atoms with Crippen LogP contribution in [0.2, 0.25) is 0 Å². The van der Waals surface area contributed by atoms with Crippen LogP contribution in [0.3, 0.4) is 0 Å². The number of carbonyl (C=O) groups is 3. The summed E-state index contributed by atoms with van der Waals surface area (Å²) in [4.78, 5) is 41.4. The Balaban J connectivity index is 1.57. The molecule has 0 aromatic heterocycles. The standard InChI is InChI=1S/C44H59N3O5/c1-6-8-23-38(44(52)47-39(24-29(3)4)41(49)27-42(50)45-40(28-48)30(5)7-2)46-43(51)35(25-33-19-13-17-31-15-9-11-21-36(31)33)26-34-20-14-18-32-16-10-12-22-37(32)34/h9-22,29-30,35,38-41,48-49H,6-8,23-28H2,1-5H3,(H,45,50)(H,46,51)(H,47,52)/t30?,38-,39?,40+,41?/m0/s1. The van der Waals surface area contributed by atoms with E-state index in [1.165, 1.54) is 0 Å². The summed E-state index contributed by atoms with van der Waals surface area (Å²) < 4.78 is 0. The molecular formula is C44H59N3O5. The quantitative estimate of drug-likeness (QED) is 0.0685. The summed E-state index contributed by atoms with van der Waals surface area (Å²) in [5, 5.41) is 34.5. The van der Waals surface area contributed by atoms with Crippen LogP contribution in [0, 0.1) is 17.8 Å². The molecule has 3 unspecified atom stereocenters. The van der Waals surface area contributed by atoms with Gasteiger partial charge < -0.3 is 26.2 Å². The molecule has 4 aromatic carbocycles. The van der Waals surface area contributed by atoms with Crippen LogP contribution in [0.5, 0.6) is 0 Å². The number of benzene rings is 4. The number of rotatable bonds is 20.